The molecule has 0 aliphatic carbocycles. The number of hydrogen-bond acceptors (Lipinski definition) is 5. The van der Waals surface area contributed by atoms with E-state index in [9.17, 15) is 19.1 Å². The molecule has 1 heterocycles. The van der Waals surface area contributed by atoms with Crippen LogP contribution in [0.25, 0.3) is 6.08 Å². The number of carbonyl (C=O) groups excluding carboxylic acids is 2. The fraction of sp³-hybridized carbons (Fsp3) is 0.111. The summed E-state index contributed by atoms with van der Waals surface area (Å²) in [6, 6.07) is 12.5. The first-order chi connectivity index (χ1) is 12.0. The molecule has 25 heavy (non-hydrogen) atoms. The summed E-state index contributed by atoms with van der Waals surface area (Å²) in [6.45, 7) is -0.0172. The van der Waals surface area contributed by atoms with E-state index >= 15 is 0 Å². The highest BCUT2D eigenvalue weighted by atomic mass is 32.2. The van der Waals surface area contributed by atoms with Gasteiger partial charge in [-0.15, -0.1) is 0 Å². The molecule has 1 saturated heterocycles. The standard InChI is InChI=1S/C18H14FNO4S/c19-13-3-1-2-12(9-13)15(21)10-24-14-6-4-11(5-7-14)8-16-17(22)20-18(23)25-16/h1-9,15,21H,10H2,(H,20,22,23). The Labute approximate surface area is 147 Å². The molecule has 1 atom stereocenters. The zero-order valence-corrected chi connectivity index (χ0v) is 13.8. The minimum Gasteiger partial charge on any atom is -0.491 e. The smallest absolute Gasteiger partial charge is 0.290 e. The van der Waals surface area contributed by atoms with Gasteiger partial charge < -0.3 is 9.84 Å². The zero-order chi connectivity index (χ0) is 17.8. The minimum atomic E-state index is -0.943. The number of ether oxygens (including phenoxy) is 1. The number of benzene rings is 2. The van der Waals surface area contributed by atoms with Crippen LogP contribution in [0.4, 0.5) is 9.18 Å². The maximum absolute atomic E-state index is 13.1. The molecular formula is C18H14FNO4S. The second-order valence-electron chi connectivity index (χ2n) is 5.30. The number of aliphatic hydroxyl groups excluding tert-OH is 1. The molecule has 3 rings (SSSR count). The van der Waals surface area contributed by atoms with Gasteiger partial charge in [0.05, 0.1) is 4.91 Å². The minimum absolute atomic E-state index is 0.0172. The summed E-state index contributed by atoms with van der Waals surface area (Å²) in [6.07, 6.45) is 0.665. The van der Waals surface area contributed by atoms with Gasteiger partial charge in [-0.3, -0.25) is 14.9 Å². The molecule has 5 nitrogen and oxygen atoms in total. The van der Waals surface area contributed by atoms with E-state index < -0.39 is 17.8 Å². The van der Waals surface area contributed by atoms with Gasteiger partial charge in [-0.05, 0) is 53.2 Å². The summed E-state index contributed by atoms with van der Waals surface area (Å²) < 4.78 is 18.6. The normalized spacial score (nSPS) is 16.8. The predicted molar refractivity (Wildman–Crippen MR) is 92.4 cm³/mol. The van der Waals surface area contributed by atoms with Crippen molar-refractivity contribution in [3.8, 4) is 5.75 Å². The lowest BCUT2D eigenvalue weighted by molar-refractivity contribution is -0.115. The van der Waals surface area contributed by atoms with Crippen molar-refractivity contribution in [3.63, 3.8) is 0 Å². The Morgan fingerprint density at radius 3 is 2.60 bits per heavy atom. The molecular weight excluding hydrogens is 345 g/mol. The predicted octanol–water partition coefficient (Wildman–Crippen LogP) is 3.26. The monoisotopic (exact) mass is 359 g/mol. The van der Waals surface area contributed by atoms with E-state index in [4.69, 9.17) is 4.74 Å². The van der Waals surface area contributed by atoms with Crippen molar-refractivity contribution in [3.05, 3.63) is 70.4 Å². The summed E-state index contributed by atoms with van der Waals surface area (Å²) in [4.78, 5) is 22.9. The van der Waals surface area contributed by atoms with Crippen molar-refractivity contribution >= 4 is 29.0 Å². The average molecular weight is 359 g/mol. The third-order valence-corrected chi connectivity index (χ3v) is 4.27. The van der Waals surface area contributed by atoms with Crippen molar-refractivity contribution in [2.75, 3.05) is 6.61 Å². The first kappa shape index (κ1) is 17.2. The fourth-order valence-electron chi connectivity index (χ4n) is 2.22. The number of carbonyl (C=O) groups is 2. The van der Waals surface area contributed by atoms with Gasteiger partial charge in [-0.25, -0.2) is 4.39 Å². The van der Waals surface area contributed by atoms with Crippen molar-refractivity contribution in [1.82, 2.24) is 5.32 Å². The topological polar surface area (TPSA) is 75.6 Å². The quantitative estimate of drug-likeness (QED) is 0.802. The van der Waals surface area contributed by atoms with Crippen LogP contribution in [0.3, 0.4) is 0 Å². The third kappa shape index (κ3) is 4.46. The number of amides is 2. The number of nitrogens with one attached hydrogen (secondary N) is 1. The van der Waals surface area contributed by atoms with E-state index in [1.165, 1.54) is 18.2 Å². The molecule has 0 spiro atoms. The largest absolute Gasteiger partial charge is 0.491 e. The molecule has 7 heteroatoms. The lowest BCUT2D eigenvalue weighted by Crippen LogP contribution is -2.17. The Balaban J connectivity index is 1.60. The van der Waals surface area contributed by atoms with Gasteiger partial charge in [0.2, 0.25) is 0 Å². The third-order valence-electron chi connectivity index (χ3n) is 3.46. The Bertz CT molecular complexity index is 835. The Morgan fingerprint density at radius 2 is 1.96 bits per heavy atom. The van der Waals surface area contributed by atoms with Crippen molar-refractivity contribution in [1.29, 1.82) is 0 Å². The molecule has 2 aromatic rings. The van der Waals surface area contributed by atoms with Crippen LogP contribution in [-0.2, 0) is 4.79 Å². The number of thioether (sulfide) groups is 1. The molecule has 2 N–H and O–H groups in total. The van der Waals surface area contributed by atoms with E-state index in [1.54, 1.807) is 36.4 Å². The summed E-state index contributed by atoms with van der Waals surface area (Å²) in [7, 11) is 0. The van der Waals surface area contributed by atoms with Crippen LogP contribution in [0.5, 0.6) is 5.75 Å². The Hall–Kier alpha value is -2.64. The van der Waals surface area contributed by atoms with Gasteiger partial charge in [0.25, 0.3) is 11.1 Å². The van der Waals surface area contributed by atoms with Gasteiger partial charge >= 0.3 is 0 Å². The van der Waals surface area contributed by atoms with E-state index in [-0.39, 0.29) is 11.8 Å². The Morgan fingerprint density at radius 1 is 1.20 bits per heavy atom. The van der Waals surface area contributed by atoms with Crippen LogP contribution in [0.1, 0.15) is 17.2 Å². The molecule has 1 fully saturated rings. The molecule has 0 bridgehead atoms. The second kappa shape index (κ2) is 7.50. The lowest BCUT2D eigenvalue weighted by Gasteiger charge is -2.13. The molecule has 1 aliphatic heterocycles. The number of rotatable bonds is 5. The number of hydrogen-bond donors (Lipinski definition) is 2. The van der Waals surface area contributed by atoms with E-state index in [0.29, 0.717) is 16.2 Å². The molecule has 2 amide bonds. The van der Waals surface area contributed by atoms with Gasteiger partial charge in [-0.1, -0.05) is 24.3 Å². The number of halogens is 1. The summed E-state index contributed by atoms with van der Waals surface area (Å²) in [5, 5.41) is 11.8. The van der Waals surface area contributed by atoms with E-state index in [1.807, 2.05) is 0 Å². The molecule has 0 saturated carbocycles. The maximum Gasteiger partial charge on any atom is 0.290 e. The van der Waals surface area contributed by atoms with Crippen LogP contribution in [0.15, 0.2) is 53.4 Å². The highest BCUT2D eigenvalue weighted by molar-refractivity contribution is 8.18. The molecule has 0 aromatic heterocycles. The van der Waals surface area contributed by atoms with Crippen LogP contribution in [0.2, 0.25) is 0 Å². The first-order valence-electron chi connectivity index (χ1n) is 7.42. The maximum atomic E-state index is 13.1. The molecule has 0 radical (unpaired) electrons. The molecule has 1 aliphatic rings. The van der Waals surface area contributed by atoms with Crippen LogP contribution in [-0.4, -0.2) is 22.9 Å². The number of aliphatic hydroxyl groups is 1. The van der Waals surface area contributed by atoms with E-state index in [0.717, 1.165) is 17.3 Å². The number of imide groups is 1. The highest BCUT2D eigenvalue weighted by Crippen LogP contribution is 2.26. The SMILES string of the molecule is O=C1NC(=O)C(=Cc2ccc(OCC(O)c3cccc(F)c3)cc2)S1. The average Bonchev–Trinajstić information content (AvgIpc) is 2.91. The molecule has 128 valence electrons. The van der Waals surface area contributed by atoms with Gasteiger partial charge in [0, 0.05) is 0 Å². The highest BCUT2D eigenvalue weighted by Gasteiger charge is 2.24. The van der Waals surface area contributed by atoms with Crippen molar-refractivity contribution in [2.24, 2.45) is 0 Å². The van der Waals surface area contributed by atoms with Gasteiger partial charge in [0.1, 0.15) is 24.3 Å². The Kier molecular flexibility index (Phi) is 5.16. The van der Waals surface area contributed by atoms with Crippen LogP contribution in [0, 0.1) is 5.82 Å². The summed E-state index contributed by atoms with van der Waals surface area (Å²) in [5.41, 5.74) is 1.18. The zero-order valence-electron chi connectivity index (χ0n) is 12.9. The van der Waals surface area contributed by atoms with Crippen LogP contribution < -0.4 is 10.1 Å². The van der Waals surface area contributed by atoms with Crippen molar-refractivity contribution in [2.45, 2.75) is 6.10 Å². The van der Waals surface area contributed by atoms with E-state index in [2.05, 4.69) is 5.32 Å². The summed E-state index contributed by atoms with van der Waals surface area (Å²) in [5.74, 6) is -0.299. The molecule has 1 unspecified atom stereocenters. The van der Waals surface area contributed by atoms with Gasteiger partial charge in [-0.2, -0.15) is 0 Å². The fourth-order valence-corrected chi connectivity index (χ4v) is 2.90. The van der Waals surface area contributed by atoms with Gasteiger partial charge in [0.15, 0.2) is 0 Å². The second-order valence-corrected chi connectivity index (χ2v) is 6.32. The lowest BCUT2D eigenvalue weighted by atomic mass is 10.1. The van der Waals surface area contributed by atoms with Crippen LogP contribution >= 0.6 is 11.8 Å². The van der Waals surface area contributed by atoms with Crippen molar-refractivity contribution < 1.29 is 23.8 Å². The summed E-state index contributed by atoms with van der Waals surface area (Å²) >= 11 is 0.852. The molecule has 2 aromatic carbocycles. The first-order valence-corrected chi connectivity index (χ1v) is 8.24.